The van der Waals surface area contributed by atoms with Gasteiger partial charge < -0.3 is 4.42 Å². The fourth-order valence-corrected chi connectivity index (χ4v) is 8.82. The van der Waals surface area contributed by atoms with E-state index in [0.717, 1.165) is 30.6 Å². The number of benzene rings is 7. The maximum absolute atomic E-state index is 6.72. The zero-order valence-electron chi connectivity index (χ0n) is 28.5. The van der Waals surface area contributed by atoms with Gasteiger partial charge in [0, 0.05) is 28.3 Å². The summed E-state index contributed by atoms with van der Waals surface area (Å²) in [5, 5.41) is 3.79. The van der Waals surface area contributed by atoms with Gasteiger partial charge in [-0.15, -0.1) is 0 Å². The number of hydrogen-bond acceptors (Lipinski definition) is 1. The summed E-state index contributed by atoms with van der Waals surface area (Å²) >= 11 is 0. The van der Waals surface area contributed by atoms with E-state index in [0.29, 0.717) is 11.8 Å². The first-order valence-electron chi connectivity index (χ1n) is 18.3. The number of allylic oxidation sites excluding steroid dienone is 2. The molecule has 1 heterocycles. The monoisotopic (exact) mass is 654 g/mol. The molecule has 1 heteroatoms. The van der Waals surface area contributed by atoms with Gasteiger partial charge in [0.2, 0.25) is 0 Å². The summed E-state index contributed by atoms with van der Waals surface area (Å²) in [7, 11) is 0. The molecule has 0 bridgehead atoms. The van der Waals surface area contributed by atoms with Crippen LogP contribution in [0.5, 0.6) is 0 Å². The summed E-state index contributed by atoms with van der Waals surface area (Å²) in [4.78, 5) is 0. The minimum atomic E-state index is 0.252. The van der Waals surface area contributed by atoms with Crippen molar-refractivity contribution >= 4 is 27.3 Å². The summed E-state index contributed by atoms with van der Waals surface area (Å²) in [5.74, 6) is 2.13. The van der Waals surface area contributed by atoms with Gasteiger partial charge in [0.1, 0.15) is 11.3 Å². The van der Waals surface area contributed by atoms with Gasteiger partial charge in [-0.25, -0.2) is 0 Å². The van der Waals surface area contributed by atoms with Crippen LogP contribution in [-0.2, 0) is 6.42 Å². The molecule has 1 aromatic heterocycles. The summed E-state index contributed by atoms with van der Waals surface area (Å²) in [5.41, 5.74) is 14.2. The van der Waals surface area contributed by atoms with E-state index in [1.807, 2.05) is 0 Å². The highest BCUT2D eigenvalue weighted by Crippen LogP contribution is 2.49. The van der Waals surface area contributed by atoms with E-state index in [-0.39, 0.29) is 5.92 Å². The van der Waals surface area contributed by atoms with Crippen LogP contribution in [0, 0.1) is 0 Å². The molecule has 2 aliphatic rings. The Morgan fingerprint density at radius 2 is 1.18 bits per heavy atom. The first kappa shape index (κ1) is 29.9. The molecule has 7 aromatic carbocycles. The molecule has 0 radical (unpaired) electrons. The van der Waals surface area contributed by atoms with Crippen LogP contribution in [0.2, 0.25) is 0 Å². The summed E-state index contributed by atoms with van der Waals surface area (Å²) in [6.07, 6.45) is 5.61. The fourth-order valence-electron chi connectivity index (χ4n) is 8.82. The highest BCUT2D eigenvalue weighted by atomic mass is 16.3. The van der Waals surface area contributed by atoms with E-state index in [1.165, 1.54) is 71.8 Å². The molecule has 3 atom stereocenters. The Labute approximate surface area is 299 Å². The van der Waals surface area contributed by atoms with Crippen LogP contribution in [-0.4, -0.2) is 0 Å². The number of hydrogen-bond donors (Lipinski definition) is 0. The smallest absolute Gasteiger partial charge is 0.138 e. The lowest BCUT2D eigenvalue weighted by atomic mass is 9.74. The van der Waals surface area contributed by atoms with Crippen LogP contribution in [0.4, 0.5) is 0 Å². The van der Waals surface area contributed by atoms with Crippen molar-refractivity contribution in [2.45, 2.75) is 37.0 Å². The van der Waals surface area contributed by atoms with E-state index >= 15 is 0 Å². The largest absolute Gasteiger partial charge is 0.456 e. The Bertz CT molecular complexity index is 2550. The number of rotatable bonds is 5. The van der Waals surface area contributed by atoms with Crippen molar-refractivity contribution in [1.29, 1.82) is 0 Å². The topological polar surface area (TPSA) is 13.1 Å². The van der Waals surface area contributed by atoms with Crippen molar-refractivity contribution in [3.8, 4) is 22.5 Å². The Kier molecular flexibility index (Phi) is 7.31. The molecule has 8 aromatic rings. The highest BCUT2D eigenvalue weighted by molar-refractivity contribution is 5.93. The lowest BCUT2D eigenvalue weighted by Gasteiger charge is -2.30. The number of furan rings is 1. The van der Waals surface area contributed by atoms with Gasteiger partial charge in [-0.2, -0.15) is 0 Å². The molecule has 0 fully saturated rings. The summed E-state index contributed by atoms with van der Waals surface area (Å²) < 4.78 is 6.72. The molecule has 0 N–H and O–H groups in total. The van der Waals surface area contributed by atoms with Crippen molar-refractivity contribution in [2.24, 2.45) is 0 Å². The zero-order chi connectivity index (χ0) is 33.7. The molecule has 0 aliphatic heterocycles. The van der Waals surface area contributed by atoms with Crippen LogP contribution in [0.3, 0.4) is 0 Å². The van der Waals surface area contributed by atoms with Gasteiger partial charge in [0.15, 0.2) is 0 Å². The molecule has 1 nitrogen and oxygen atoms in total. The lowest BCUT2D eigenvalue weighted by Crippen LogP contribution is -2.12. The van der Waals surface area contributed by atoms with Crippen LogP contribution in [0.15, 0.2) is 180 Å². The second-order valence-electron chi connectivity index (χ2n) is 14.4. The first-order valence-corrected chi connectivity index (χ1v) is 18.3. The molecule has 0 amide bonds. The average molecular weight is 655 g/mol. The minimum Gasteiger partial charge on any atom is -0.456 e. The predicted molar refractivity (Wildman–Crippen MR) is 212 cm³/mol. The molecule has 0 saturated heterocycles. The third kappa shape index (κ3) is 5.41. The normalized spacial score (nSPS) is 18.3. The van der Waals surface area contributed by atoms with Crippen molar-refractivity contribution < 1.29 is 4.42 Å². The number of fused-ring (bicyclic) bond motifs is 6. The van der Waals surface area contributed by atoms with Crippen molar-refractivity contribution in [2.75, 3.05) is 0 Å². The molecular weight excluding hydrogens is 617 g/mol. The van der Waals surface area contributed by atoms with Crippen LogP contribution < -0.4 is 0 Å². The predicted octanol–water partition coefficient (Wildman–Crippen LogP) is 13.4. The standard InChI is InChI=1S/C50H38O/c1-3-11-33(12-4-1)41-28-42(34-13-5-2-6-14-34)30-43(29-41)40-25-26-49-47(31-40)48-32-46(44-17-9-10-18-45(44)50(48)51-49)37-22-19-36(20-23-37)39-24-21-35-15-7-8-16-38(35)27-39/h1-27,29,31,41-42,46H,28,30,32H2. The van der Waals surface area contributed by atoms with E-state index in [2.05, 4.69) is 176 Å². The van der Waals surface area contributed by atoms with E-state index < -0.39 is 0 Å². The molecule has 244 valence electrons. The molecule has 10 rings (SSSR count). The highest BCUT2D eigenvalue weighted by Gasteiger charge is 2.31. The van der Waals surface area contributed by atoms with Crippen molar-refractivity contribution in [3.05, 3.63) is 209 Å². The van der Waals surface area contributed by atoms with Crippen LogP contribution >= 0.6 is 0 Å². The fraction of sp³-hybridized carbons (Fsp3) is 0.120. The SMILES string of the molecule is C1=C(c2ccc3oc4c(c3c2)CC(c2ccc(-c3ccc5ccccc5c3)cc2)c2ccccc2-4)CC(c2ccccc2)CC1c1ccccc1. The maximum Gasteiger partial charge on any atom is 0.138 e. The summed E-state index contributed by atoms with van der Waals surface area (Å²) in [6.45, 7) is 0. The maximum atomic E-state index is 6.72. The molecule has 51 heavy (non-hydrogen) atoms. The van der Waals surface area contributed by atoms with Gasteiger partial charge >= 0.3 is 0 Å². The Balaban J connectivity index is 1.03. The van der Waals surface area contributed by atoms with Gasteiger partial charge in [-0.3, -0.25) is 0 Å². The van der Waals surface area contributed by atoms with E-state index in [4.69, 9.17) is 4.42 Å². The summed E-state index contributed by atoms with van der Waals surface area (Å²) in [6, 6.07) is 62.5. The molecule has 0 spiro atoms. The third-order valence-electron chi connectivity index (χ3n) is 11.5. The Hall–Kier alpha value is -5.92. The minimum absolute atomic E-state index is 0.252. The molecule has 3 unspecified atom stereocenters. The average Bonchev–Trinajstić information content (AvgIpc) is 3.59. The van der Waals surface area contributed by atoms with Crippen LogP contribution in [0.1, 0.15) is 64.0 Å². The van der Waals surface area contributed by atoms with Gasteiger partial charge in [-0.1, -0.05) is 158 Å². The molecule has 2 aliphatic carbocycles. The Morgan fingerprint density at radius 3 is 2.00 bits per heavy atom. The van der Waals surface area contributed by atoms with Crippen LogP contribution in [0.25, 0.3) is 49.8 Å². The molecular formula is C50H38O. The van der Waals surface area contributed by atoms with Crippen molar-refractivity contribution in [1.82, 2.24) is 0 Å². The first-order chi connectivity index (χ1) is 25.2. The van der Waals surface area contributed by atoms with Gasteiger partial charge in [0.25, 0.3) is 0 Å². The molecule has 0 saturated carbocycles. The second-order valence-corrected chi connectivity index (χ2v) is 14.4. The van der Waals surface area contributed by atoms with E-state index in [9.17, 15) is 0 Å². The lowest BCUT2D eigenvalue weighted by molar-refractivity contribution is 0.576. The van der Waals surface area contributed by atoms with E-state index in [1.54, 1.807) is 0 Å². The quantitative estimate of drug-likeness (QED) is 0.180. The zero-order valence-corrected chi connectivity index (χ0v) is 28.5. The van der Waals surface area contributed by atoms with Crippen molar-refractivity contribution in [3.63, 3.8) is 0 Å². The van der Waals surface area contributed by atoms with Gasteiger partial charge in [0.05, 0.1) is 0 Å². The van der Waals surface area contributed by atoms with Gasteiger partial charge in [-0.05, 0) is 98.7 Å². The third-order valence-corrected chi connectivity index (χ3v) is 11.5. The second kappa shape index (κ2) is 12.4. The Morgan fingerprint density at radius 1 is 0.490 bits per heavy atom.